The Hall–Kier alpha value is -1.85. The van der Waals surface area contributed by atoms with E-state index in [9.17, 15) is 22.0 Å². The van der Waals surface area contributed by atoms with Crippen molar-refractivity contribution in [2.45, 2.75) is 6.92 Å². The van der Waals surface area contributed by atoms with Crippen molar-refractivity contribution in [1.29, 1.82) is 0 Å². The highest BCUT2D eigenvalue weighted by Gasteiger charge is 2.15. The Kier molecular flexibility index (Phi) is 3.60. The summed E-state index contributed by atoms with van der Waals surface area (Å²) in [5.41, 5.74) is -0.449. The summed E-state index contributed by atoms with van der Waals surface area (Å²) in [6, 6.07) is 2.89. The van der Waals surface area contributed by atoms with Crippen LogP contribution in [0.4, 0.5) is 22.0 Å². The van der Waals surface area contributed by atoms with E-state index in [2.05, 4.69) is 0 Å². The molecule has 19 heavy (non-hydrogen) atoms. The van der Waals surface area contributed by atoms with Crippen LogP contribution < -0.4 is 10.9 Å². The van der Waals surface area contributed by atoms with Crippen molar-refractivity contribution < 1.29 is 22.0 Å². The lowest BCUT2D eigenvalue weighted by atomic mass is 9.63. The van der Waals surface area contributed by atoms with Gasteiger partial charge in [0.2, 0.25) is 0 Å². The van der Waals surface area contributed by atoms with Gasteiger partial charge in [0.1, 0.15) is 17.5 Å². The molecule has 0 amide bonds. The second-order valence-electron chi connectivity index (χ2n) is 4.06. The van der Waals surface area contributed by atoms with Crippen LogP contribution in [-0.4, -0.2) is 7.28 Å². The monoisotopic (exact) mass is 269 g/mol. The summed E-state index contributed by atoms with van der Waals surface area (Å²) < 4.78 is 65.9. The van der Waals surface area contributed by atoms with Crippen LogP contribution in [0.2, 0.25) is 0 Å². The van der Waals surface area contributed by atoms with Crippen molar-refractivity contribution in [1.82, 2.24) is 0 Å². The Morgan fingerprint density at radius 2 is 1.42 bits per heavy atom. The lowest BCUT2D eigenvalue weighted by Crippen LogP contribution is -2.33. The van der Waals surface area contributed by atoms with E-state index in [0.29, 0.717) is 12.1 Å². The highest BCUT2D eigenvalue weighted by Crippen LogP contribution is 2.08. The maximum Gasteiger partial charge on any atom is 0.199 e. The average molecular weight is 269 g/mol. The molecule has 0 bridgehead atoms. The zero-order chi connectivity index (χ0) is 14.2. The highest BCUT2D eigenvalue weighted by atomic mass is 19.2. The third-order valence-electron chi connectivity index (χ3n) is 2.61. The molecule has 0 unspecified atom stereocenters. The molecule has 0 atom stereocenters. The fraction of sp³-hybridized carbons (Fsp3) is 0.0769. The van der Waals surface area contributed by atoms with Crippen LogP contribution in [-0.2, 0) is 0 Å². The Balaban J connectivity index is 2.44. The quantitative estimate of drug-likeness (QED) is 0.446. The molecule has 97 valence electrons. The smallest absolute Gasteiger partial charge is 0.199 e. The van der Waals surface area contributed by atoms with Gasteiger partial charge in [-0.1, -0.05) is 6.07 Å². The maximum absolute atomic E-state index is 13.5. The Labute approximate surface area is 107 Å². The number of hydrogen-bond acceptors (Lipinski definition) is 0. The molecule has 0 nitrogen and oxygen atoms in total. The Morgan fingerprint density at radius 3 is 2.11 bits per heavy atom. The summed E-state index contributed by atoms with van der Waals surface area (Å²) in [5.74, 6) is -5.33. The Bertz CT molecular complexity index is 639. The number of aryl methyl sites for hydroxylation is 1. The molecule has 2 aromatic rings. The van der Waals surface area contributed by atoms with Gasteiger partial charge in [0.15, 0.2) is 18.9 Å². The molecule has 0 saturated heterocycles. The Morgan fingerprint density at radius 1 is 0.737 bits per heavy atom. The van der Waals surface area contributed by atoms with Gasteiger partial charge >= 0.3 is 0 Å². The second kappa shape index (κ2) is 5.03. The predicted octanol–water partition coefficient (Wildman–Crippen LogP) is 2.35. The minimum absolute atomic E-state index is 0.143. The minimum atomic E-state index is -1.37. The van der Waals surface area contributed by atoms with Gasteiger partial charge < -0.3 is 0 Å². The topological polar surface area (TPSA) is 0 Å². The summed E-state index contributed by atoms with van der Waals surface area (Å²) in [7, 11) is 0.920. The van der Waals surface area contributed by atoms with Gasteiger partial charge in [-0.3, -0.25) is 0 Å². The van der Waals surface area contributed by atoms with Crippen molar-refractivity contribution >= 4 is 18.2 Å². The van der Waals surface area contributed by atoms with E-state index in [4.69, 9.17) is 0 Å². The molecule has 0 aliphatic rings. The molecule has 0 aliphatic heterocycles. The molecule has 1 radical (unpaired) electrons. The molecule has 0 saturated carbocycles. The number of halogens is 5. The van der Waals surface area contributed by atoms with E-state index < -0.39 is 34.5 Å². The van der Waals surface area contributed by atoms with Gasteiger partial charge in [0.05, 0.1) is 0 Å². The van der Waals surface area contributed by atoms with Crippen LogP contribution >= 0.6 is 0 Å². The van der Waals surface area contributed by atoms with Gasteiger partial charge in [-0.05, 0) is 29.5 Å². The summed E-state index contributed by atoms with van der Waals surface area (Å²) in [4.78, 5) is 0. The van der Waals surface area contributed by atoms with Crippen LogP contribution in [0.1, 0.15) is 5.56 Å². The molecular weight excluding hydrogens is 262 g/mol. The van der Waals surface area contributed by atoms with Crippen molar-refractivity contribution in [3.8, 4) is 0 Å². The van der Waals surface area contributed by atoms with Gasteiger partial charge in [0.25, 0.3) is 0 Å². The van der Waals surface area contributed by atoms with Crippen LogP contribution in [0.5, 0.6) is 0 Å². The van der Waals surface area contributed by atoms with E-state index in [0.717, 1.165) is 19.4 Å². The molecule has 0 heterocycles. The zero-order valence-corrected chi connectivity index (χ0v) is 9.78. The fourth-order valence-corrected chi connectivity index (χ4v) is 1.64. The van der Waals surface area contributed by atoms with E-state index in [1.54, 1.807) is 0 Å². The standard InChI is InChI=1S/C13H7BF5/c1-6-2-8(11(17)5-10(6)16)14-9-3-7(15)4-12(18)13(9)19/h2-5H,1H3. The van der Waals surface area contributed by atoms with Crippen LogP contribution in [0, 0.1) is 36.0 Å². The largest absolute Gasteiger partial charge is 0.208 e. The predicted molar refractivity (Wildman–Crippen MR) is 62.4 cm³/mol. The summed E-state index contributed by atoms with van der Waals surface area (Å²) in [6.07, 6.45) is 0. The first kappa shape index (κ1) is 13.6. The number of rotatable bonds is 2. The van der Waals surface area contributed by atoms with Crippen molar-refractivity contribution in [3.63, 3.8) is 0 Å². The molecule has 2 aromatic carbocycles. The fourth-order valence-electron chi connectivity index (χ4n) is 1.64. The van der Waals surface area contributed by atoms with Gasteiger partial charge in [-0.25, -0.2) is 22.0 Å². The van der Waals surface area contributed by atoms with Crippen molar-refractivity contribution in [2.75, 3.05) is 0 Å². The van der Waals surface area contributed by atoms with E-state index >= 15 is 0 Å². The van der Waals surface area contributed by atoms with E-state index in [-0.39, 0.29) is 11.0 Å². The van der Waals surface area contributed by atoms with Crippen LogP contribution in [0.25, 0.3) is 0 Å². The second-order valence-corrected chi connectivity index (χ2v) is 4.06. The normalized spacial score (nSPS) is 10.6. The molecule has 0 aliphatic carbocycles. The zero-order valence-electron chi connectivity index (χ0n) is 9.78. The van der Waals surface area contributed by atoms with Gasteiger partial charge in [-0.2, -0.15) is 0 Å². The van der Waals surface area contributed by atoms with E-state index in [1.807, 2.05) is 0 Å². The number of benzene rings is 2. The van der Waals surface area contributed by atoms with Crippen molar-refractivity contribution in [3.05, 3.63) is 58.9 Å². The van der Waals surface area contributed by atoms with Crippen LogP contribution in [0.15, 0.2) is 24.3 Å². The summed E-state index contributed by atoms with van der Waals surface area (Å²) >= 11 is 0. The van der Waals surface area contributed by atoms with Crippen LogP contribution in [0.3, 0.4) is 0 Å². The molecule has 0 N–H and O–H groups in total. The highest BCUT2D eigenvalue weighted by molar-refractivity contribution is 6.67. The maximum atomic E-state index is 13.5. The molecular formula is C13H7BF5. The van der Waals surface area contributed by atoms with Gasteiger partial charge in [-0.15, -0.1) is 0 Å². The lowest BCUT2D eigenvalue weighted by Gasteiger charge is -2.07. The first-order valence-electron chi connectivity index (χ1n) is 5.33. The average Bonchev–Trinajstić information content (AvgIpc) is 2.32. The molecule has 0 spiro atoms. The van der Waals surface area contributed by atoms with E-state index in [1.165, 1.54) is 6.92 Å². The lowest BCUT2D eigenvalue weighted by molar-refractivity contribution is 0.500. The first-order chi connectivity index (χ1) is 8.88. The molecule has 6 heteroatoms. The summed E-state index contributed by atoms with van der Waals surface area (Å²) in [5, 5.41) is 0. The van der Waals surface area contributed by atoms with Crippen molar-refractivity contribution in [2.24, 2.45) is 0 Å². The molecule has 0 fully saturated rings. The third kappa shape index (κ3) is 2.77. The number of hydrogen-bond donors (Lipinski definition) is 0. The third-order valence-corrected chi connectivity index (χ3v) is 2.61. The summed E-state index contributed by atoms with van der Waals surface area (Å²) in [6.45, 7) is 1.40. The first-order valence-corrected chi connectivity index (χ1v) is 5.33. The minimum Gasteiger partial charge on any atom is -0.208 e. The molecule has 2 rings (SSSR count). The molecule has 0 aromatic heterocycles. The van der Waals surface area contributed by atoms with Gasteiger partial charge in [0, 0.05) is 12.1 Å². The SMILES string of the molecule is Cc1cc([B]c2cc(F)cc(F)c2F)c(F)cc1F.